The maximum absolute atomic E-state index is 11.4. The van der Waals surface area contributed by atoms with Gasteiger partial charge in [0.2, 0.25) is 10.8 Å². The third-order valence-electron chi connectivity index (χ3n) is 2.35. The van der Waals surface area contributed by atoms with Crippen molar-refractivity contribution in [2.45, 2.75) is 0 Å². The normalized spacial score (nSPS) is 10.7. The standard InChI is InChI=1S/C10H8N6OS/c11-12-8(17)7-13-14-10-16(7)15-9(18-10)6-4-2-1-3-5-6/h1-5H,11H2,(H,12,17). The summed E-state index contributed by atoms with van der Waals surface area (Å²) < 4.78 is 1.38. The SMILES string of the molecule is NNC(=O)c1nnc2sc(-c3ccccc3)nn12. The number of amides is 1. The van der Waals surface area contributed by atoms with Gasteiger partial charge in [-0.25, -0.2) is 5.84 Å². The number of benzene rings is 1. The zero-order chi connectivity index (χ0) is 12.5. The zero-order valence-electron chi connectivity index (χ0n) is 9.07. The van der Waals surface area contributed by atoms with Gasteiger partial charge in [0.15, 0.2) is 0 Å². The van der Waals surface area contributed by atoms with Gasteiger partial charge in [-0.1, -0.05) is 41.7 Å². The molecule has 3 aromatic rings. The lowest BCUT2D eigenvalue weighted by molar-refractivity contribution is 0.0941. The molecule has 0 spiro atoms. The minimum Gasteiger partial charge on any atom is -0.287 e. The number of nitrogens with two attached hydrogens (primary N) is 1. The van der Waals surface area contributed by atoms with E-state index in [2.05, 4.69) is 15.3 Å². The molecule has 0 unspecified atom stereocenters. The van der Waals surface area contributed by atoms with E-state index >= 15 is 0 Å². The van der Waals surface area contributed by atoms with Crippen LogP contribution in [0.15, 0.2) is 30.3 Å². The summed E-state index contributed by atoms with van der Waals surface area (Å²) in [4.78, 5) is 12.0. The van der Waals surface area contributed by atoms with Gasteiger partial charge in [0.1, 0.15) is 5.01 Å². The van der Waals surface area contributed by atoms with Crippen LogP contribution in [0.2, 0.25) is 0 Å². The minimum absolute atomic E-state index is 0.0749. The Morgan fingerprint density at radius 1 is 1.28 bits per heavy atom. The van der Waals surface area contributed by atoms with Gasteiger partial charge < -0.3 is 0 Å². The molecule has 0 bridgehead atoms. The van der Waals surface area contributed by atoms with Crippen molar-refractivity contribution in [1.82, 2.24) is 25.2 Å². The summed E-state index contributed by atoms with van der Waals surface area (Å²) in [6.45, 7) is 0. The maximum atomic E-state index is 11.4. The van der Waals surface area contributed by atoms with Crippen LogP contribution in [0.3, 0.4) is 0 Å². The number of nitrogens with one attached hydrogen (secondary N) is 1. The fourth-order valence-electron chi connectivity index (χ4n) is 1.52. The molecule has 8 heteroatoms. The van der Waals surface area contributed by atoms with E-state index in [-0.39, 0.29) is 5.82 Å². The van der Waals surface area contributed by atoms with E-state index < -0.39 is 5.91 Å². The van der Waals surface area contributed by atoms with E-state index in [9.17, 15) is 4.79 Å². The van der Waals surface area contributed by atoms with Crippen molar-refractivity contribution in [2.24, 2.45) is 5.84 Å². The summed E-state index contributed by atoms with van der Waals surface area (Å²) in [6.07, 6.45) is 0. The molecule has 1 aromatic carbocycles. The second kappa shape index (κ2) is 4.17. The van der Waals surface area contributed by atoms with Gasteiger partial charge in [-0.3, -0.25) is 10.2 Å². The summed E-state index contributed by atoms with van der Waals surface area (Å²) in [5.74, 6) is 4.62. The maximum Gasteiger partial charge on any atom is 0.304 e. The van der Waals surface area contributed by atoms with E-state index in [0.29, 0.717) is 4.96 Å². The number of carbonyl (C=O) groups is 1. The van der Waals surface area contributed by atoms with Gasteiger partial charge in [-0.2, -0.15) is 9.61 Å². The zero-order valence-corrected chi connectivity index (χ0v) is 9.89. The highest BCUT2D eigenvalue weighted by Gasteiger charge is 2.17. The monoisotopic (exact) mass is 260 g/mol. The van der Waals surface area contributed by atoms with Crippen molar-refractivity contribution < 1.29 is 4.79 Å². The number of rotatable bonds is 2. The highest BCUT2D eigenvalue weighted by molar-refractivity contribution is 7.19. The van der Waals surface area contributed by atoms with Crippen LogP contribution in [0.4, 0.5) is 0 Å². The first-order valence-corrected chi connectivity index (χ1v) is 5.90. The molecule has 0 saturated heterocycles. The molecule has 7 nitrogen and oxygen atoms in total. The molecule has 90 valence electrons. The second-order valence-corrected chi connectivity index (χ2v) is 4.42. The fourth-order valence-corrected chi connectivity index (χ4v) is 2.37. The molecule has 0 aliphatic heterocycles. The lowest BCUT2D eigenvalue weighted by atomic mass is 10.2. The molecule has 3 N–H and O–H groups in total. The predicted molar refractivity (Wildman–Crippen MR) is 65.7 cm³/mol. The highest BCUT2D eigenvalue weighted by atomic mass is 32.1. The van der Waals surface area contributed by atoms with E-state index in [1.165, 1.54) is 15.9 Å². The average Bonchev–Trinajstić information content (AvgIpc) is 2.98. The van der Waals surface area contributed by atoms with Gasteiger partial charge >= 0.3 is 5.91 Å². The fraction of sp³-hybridized carbons (Fsp3) is 0. The molecule has 2 heterocycles. The molecule has 0 radical (unpaired) electrons. The molecule has 0 fully saturated rings. The first-order chi connectivity index (χ1) is 8.79. The summed E-state index contributed by atoms with van der Waals surface area (Å²) in [5, 5.41) is 12.7. The van der Waals surface area contributed by atoms with Crippen LogP contribution < -0.4 is 11.3 Å². The van der Waals surface area contributed by atoms with Crippen molar-refractivity contribution in [2.75, 3.05) is 0 Å². The van der Waals surface area contributed by atoms with Crippen LogP contribution in [0.25, 0.3) is 15.5 Å². The Kier molecular flexibility index (Phi) is 2.50. The smallest absolute Gasteiger partial charge is 0.287 e. The Bertz CT molecular complexity index is 704. The van der Waals surface area contributed by atoms with E-state index in [4.69, 9.17) is 5.84 Å². The molecular weight excluding hydrogens is 252 g/mol. The molecule has 2 aromatic heterocycles. The molecule has 0 aliphatic carbocycles. The summed E-state index contributed by atoms with van der Waals surface area (Å²) in [7, 11) is 0. The third-order valence-corrected chi connectivity index (χ3v) is 3.29. The molecule has 1 amide bonds. The van der Waals surface area contributed by atoms with Crippen LogP contribution in [0.1, 0.15) is 10.6 Å². The van der Waals surface area contributed by atoms with Crippen LogP contribution in [-0.2, 0) is 0 Å². The molecule has 18 heavy (non-hydrogen) atoms. The van der Waals surface area contributed by atoms with Gasteiger partial charge in [-0.15, -0.1) is 10.2 Å². The number of hydrogen-bond donors (Lipinski definition) is 2. The number of hydrogen-bond acceptors (Lipinski definition) is 6. The molecule has 0 saturated carbocycles. The molecule has 3 rings (SSSR count). The van der Waals surface area contributed by atoms with Crippen LogP contribution in [-0.4, -0.2) is 25.7 Å². The van der Waals surface area contributed by atoms with Gasteiger partial charge in [0.05, 0.1) is 0 Å². The van der Waals surface area contributed by atoms with Crippen molar-refractivity contribution in [3.05, 3.63) is 36.2 Å². The minimum atomic E-state index is -0.521. The van der Waals surface area contributed by atoms with Gasteiger partial charge in [0.25, 0.3) is 0 Å². The number of aromatic nitrogens is 4. The van der Waals surface area contributed by atoms with Gasteiger partial charge in [0, 0.05) is 5.56 Å². The van der Waals surface area contributed by atoms with Crippen molar-refractivity contribution in [3.63, 3.8) is 0 Å². The Labute approximate surface area is 105 Å². The van der Waals surface area contributed by atoms with E-state index in [1.807, 2.05) is 35.8 Å². The second-order valence-electron chi connectivity index (χ2n) is 3.46. The van der Waals surface area contributed by atoms with Crippen molar-refractivity contribution in [3.8, 4) is 10.6 Å². The Hall–Kier alpha value is -2.32. The number of nitrogen functional groups attached to an aromatic ring is 1. The molecule has 0 aliphatic rings. The average molecular weight is 260 g/mol. The van der Waals surface area contributed by atoms with Crippen molar-refractivity contribution in [1.29, 1.82) is 0 Å². The van der Waals surface area contributed by atoms with Crippen LogP contribution >= 0.6 is 11.3 Å². The summed E-state index contributed by atoms with van der Waals surface area (Å²) in [5.41, 5.74) is 2.98. The Balaban J connectivity index is 2.13. The first kappa shape index (κ1) is 10.8. The number of nitrogens with zero attached hydrogens (tertiary/aromatic N) is 4. The lowest BCUT2D eigenvalue weighted by Gasteiger charge is -1.94. The largest absolute Gasteiger partial charge is 0.304 e. The molecular formula is C10H8N6OS. The third kappa shape index (κ3) is 1.63. The number of fused-ring (bicyclic) bond motifs is 1. The quantitative estimate of drug-likeness (QED) is 0.396. The van der Waals surface area contributed by atoms with E-state index in [1.54, 1.807) is 0 Å². The number of carbonyl (C=O) groups excluding carboxylic acids is 1. The van der Waals surface area contributed by atoms with Crippen LogP contribution in [0.5, 0.6) is 0 Å². The van der Waals surface area contributed by atoms with Gasteiger partial charge in [-0.05, 0) is 0 Å². The summed E-state index contributed by atoms with van der Waals surface area (Å²) in [6, 6.07) is 9.65. The summed E-state index contributed by atoms with van der Waals surface area (Å²) >= 11 is 1.36. The number of hydrazine groups is 1. The first-order valence-electron chi connectivity index (χ1n) is 5.08. The molecule has 0 atom stereocenters. The predicted octanol–water partition coefficient (Wildman–Crippen LogP) is 0.456. The van der Waals surface area contributed by atoms with E-state index in [0.717, 1.165) is 10.6 Å². The Morgan fingerprint density at radius 3 is 2.78 bits per heavy atom. The topological polar surface area (TPSA) is 98.2 Å². The highest BCUT2D eigenvalue weighted by Crippen LogP contribution is 2.24. The van der Waals surface area contributed by atoms with Crippen LogP contribution in [0, 0.1) is 0 Å². The van der Waals surface area contributed by atoms with Crippen molar-refractivity contribution >= 4 is 22.2 Å². The lowest BCUT2D eigenvalue weighted by Crippen LogP contribution is -2.31. The Morgan fingerprint density at radius 2 is 2.06 bits per heavy atom.